The van der Waals surface area contributed by atoms with E-state index in [0.717, 1.165) is 17.7 Å². The van der Waals surface area contributed by atoms with Crippen LogP contribution in [0.4, 0.5) is 18.0 Å². The first kappa shape index (κ1) is 20.5. The van der Waals surface area contributed by atoms with Crippen LogP contribution < -0.4 is 15.4 Å². The number of hydrogen-bond acceptors (Lipinski definition) is 2. The number of rotatable bonds is 5. The highest BCUT2D eigenvalue weighted by Gasteiger charge is 2.30. The number of benzene rings is 2. The summed E-state index contributed by atoms with van der Waals surface area (Å²) in [5.41, 5.74) is 0.113. The Morgan fingerprint density at radius 2 is 1.81 bits per heavy atom. The Kier molecular flexibility index (Phi) is 7.38. The molecule has 0 aliphatic heterocycles. The Morgan fingerprint density at radius 3 is 2.52 bits per heavy atom. The van der Waals surface area contributed by atoms with Gasteiger partial charge in [-0.3, -0.25) is 0 Å². The first-order valence-corrected chi connectivity index (χ1v) is 8.24. The zero-order chi connectivity index (χ0) is 19.7. The SMILES string of the molecule is O=C(NCC#CCOc1cccc(C(F)(F)F)c1)NCc1ccc(Cl)cc1. The monoisotopic (exact) mass is 396 g/mol. The second-order valence-electron chi connectivity index (χ2n) is 5.33. The number of halogens is 4. The van der Waals surface area contributed by atoms with Crippen LogP contribution in [0.2, 0.25) is 5.02 Å². The summed E-state index contributed by atoms with van der Waals surface area (Å²) in [6.45, 7) is 0.336. The number of nitrogens with one attached hydrogen (secondary N) is 2. The molecule has 0 unspecified atom stereocenters. The third-order valence-corrected chi connectivity index (χ3v) is 3.55. The molecule has 2 amide bonds. The summed E-state index contributed by atoms with van der Waals surface area (Å²) >= 11 is 5.78. The molecule has 0 atom stereocenters. The normalized spacial score (nSPS) is 10.5. The summed E-state index contributed by atoms with van der Waals surface area (Å²) in [4.78, 5) is 11.6. The maximum atomic E-state index is 12.6. The second-order valence-corrected chi connectivity index (χ2v) is 5.77. The van der Waals surface area contributed by atoms with Gasteiger partial charge in [-0.05, 0) is 35.9 Å². The van der Waals surface area contributed by atoms with Gasteiger partial charge in [-0.15, -0.1) is 0 Å². The van der Waals surface area contributed by atoms with Crippen molar-refractivity contribution in [3.05, 3.63) is 64.7 Å². The predicted molar refractivity (Wildman–Crippen MR) is 96.4 cm³/mol. The lowest BCUT2D eigenvalue weighted by atomic mass is 10.2. The van der Waals surface area contributed by atoms with Crippen LogP contribution >= 0.6 is 11.6 Å². The van der Waals surface area contributed by atoms with Crippen molar-refractivity contribution in [3.63, 3.8) is 0 Å². The topological polar surface area (TPSA) is 50.4 Å². The van der Waals surface area contributed by atoms with Gasteiger partial charge in [0.15, 0.2) is 0 Å². The van der Waals surface area contributed by atoms with Gasteiger partial charge < -0.3 is 15.4 Å². The van der Waals surface area contributed by atoms with E-state index in [1.54, 1.807) is 24.3 Å². The minimum atomic E-state index is -4.42. The fraction of sp³-hybridized carbons (Fsp3) is 0.211. The van der Waals surface area contributed by atoms with Crippen LogP contribution in [-0.4, -0.2) is 19.2 Å². The predicted octanol–water partition coefficient (Wildman–Crippen LogP) is 4.24. The van der Waals surface area contributed by atoms with Crippen molar-refractivity contribution in [3.8, 4) is 17.6 Å². The van der Waals surface area contributed by atoms with Crippen molar-refractivity contribution in [1.29, 1.82) is 0 Å². The average Bonchev–Trinajstić information content (AvgIpc) is 2.63. The van der Waals surface area contributed by atoms with Crippen LogP contribution in [0.1, 0.15) is 11.1 Å². The van der Waals surface area contributed by atoms with E-state index in [2.05, 4.69) is 22.5 Å². The Morgan fingerprint density at radius 1 is 1.07 bits per heavy atom. The molecule has 2 aromatic carbocycles. The molecule has 4 nitrogen and oxygen atoms in total. The number of alkyl halides is 3. The second kappa shape index (κ2) is 9.74. The average molecular weight is 397 g/mol. The summed E-state index contributed by atoms with van der Waals surface area (Å²) in [6.07, 6.45) is -4.42. The Balaban J connectivity index is 1.67. The van der Waals surface area contributed by atoms with Gasteiger partial charge in [0.1, 0.15) is 12.4 Å². The number of carbonyl (C=O) groups is 1. The molecule has 27 heavy (non-hydrogen) atoms. The largest absolute Gasteiger partial charge is 0.481 e. The summed E-state index contributed by atoms with van der Waals surface area (Å²) in [7, 11) is 0. The molecule has 0 heterocycles. The van der Waals surface area contributed by atoms with E-state index in [-0.39, 0.29) is 18.9 Å². The fourth-order valence-electron chi connectivity index (χ4n) is 1.97. The van der Waals surface area contributed by atoms with Crippen molar-refractivity contribution < 1.29 is 22.7 Å². The van der Waals surface area contributed by atoms with Gasteiger partial charge in [0.25, 0.3) is 0 Å². The van der Waals surface area contributed by atoms with Gasteiger partial charge in [0.05, 0.1) is 12.1 Å². The highest BCUT2D eigenvalue weighted by Crippen LogP contribution is 2.31. The van der Waals surface area contributed by atoms with Crippen molar-refractivity contribution in [2.45, 2.75) is 12.7 Å². The number of urea groups is 1. The highest BCUT2D eigenvalue weighted by atomic mass is 35.5. The molecule has 0 aliphatic rings. The van der Waals surface area contributed by atoms with E-state index in [9.17, 15) is 18.0 Å². The summed E-state index contributed by atoms with van der Waals surface area (Å²) in [5, 5.41) is 5.81. The van der Waals surface area contributed by atoms with Crippen LogP contribution in [0, 0.1) is 11.8 Å². The summed E-state index contributed by atoms with van der Waals surface area (Å²) in [5.74, 6) is 5.34. The van der Waals surface area contributed by atoms with E-state index in [1.165, 1.54) is 12.1 Å². The van der Waals surface area contributed by atoms with Crippen molar-refractivity contribution in [1.82, 2.24) is 10.6 Å². The van der Waals surface area contributed by atoms with Crippen LogP contribution in [0.5, 0.6) is 5.75 Å². The van der Waals surface area contributed by atoms with Gasteiger partial charge in [-0.1, -0.05) is 41.6 Å². The molecule has 0 aliphatic carbocycles. The number of hydrogen-bond donors (Lipinski definition) is 2. The molecule has 0 fully saturated rings. The van der Waals surface area contributed by atoms with E-state index < -0.39 is 17.8 Å². The van der Waals surface area contributed by atoms with Gasteiger partial charge in [0, 0.05) is 11.6 Å². The molecular formula is C19H16ClF3N2O2. The molecule has 0 saturated carbocycles. The quantitative estimate of drug-likeness (QED) is 0.743. The molecule has 2 N–H and O–H groups in total. The third kappa shape index (κ3) is 7.50. The van der Waals surface area contributed by atoms with Crippen LogP contribution in [0.25, 0.3) is 0 Å². The lowest BCUT2D eigenvalue weighted by Crippen LogP contribution is -2.35. The van der Waals surface area contributed by atoms with E-state index in [0.29, 0.717) is 11.6 Å². The molecule has 2 rings (SSSR count). The smallest absolute Gasteiger partial charge is 0.416 e. The minimum absolute atomic E-state index is 0.0767. The molecule has 142 valence electrons. The molecule has 0 saturated heterocycles. The zero-order valence-electron chi connectivity index (χ0n) is 14.1. The molecule has 0 aromatic heterocycles. The first-order valence-electron chi connectivity index (χ1n) is 7.86. The van der Waals surface area contributed by atoms with Gasteiger partial charge in [-0.25, -0.2) is 4.79 Å². The van der Waals surface area contributed by atoms with Crippen molar-refractivity contribution >= 4 is 17.6 Å². The lowest BCUT2D eigenvalue weighted by Gasteiger charge is -2.08. The van der Waals surface area contributed by atoms with Crippen LogP contribution in [0.15, 0.2) is 48.5 Å². The van der Waals surface area contributed by atoms with Crippen molar-refractivity contribution in [2.75, 3.05) is 13.2 Å². The van der Waals surface area contributed by atoms with Crippen molar-refractivity contribution in [2.24, 2.45) is 0 Å². The number of carbonyl (C=O) groups excluding carboxylic acids is 1. The Labute approximate surface area is 159 Å². The fourth-order valence-corrected chi connectivity index (χ4v) is 2.09. The van der Waals surface area contributed by atoms with E-state index in [4.69, 9.17) is 16.3 Å². The van der Waals surface area contributed by atoms with Gasteiger partial charge in [0.2, 0.25) is 0 Å². The third-order valence-electron chi connectivity index (χ3n) is 3.30. The minimum Gasteiger partial charge on any atom is -0.481 e. The zero-order valence-corrected chi connectivity index (χ0v) is 14.8. The van der Waals surface area contributed by atoms with Gasteiger partial charge in [-0.2, -0.15) is 13.2 Å². The Hall–Kier alpha value is -2.85. The maximum Gasteiger partial charge on any atom is 0.416 e. The molecule has 8 heteroatoms. The standard InChI is InChI=1S/C19H16ClF3N2O2/c20-16-8-6-14(7-9-16)13-25-18(26)24-10-1-2-11-27-17-5-3-4-15(12-17)19(21,22)23/h3-9,12H,10-11,13H2,(H2,24,25,26). The molecule has 0 spiro atoms. The highest BCUT2D eigenvalue weighted by molar-refractivity contribution is 6.30. The number of ether oxygens (including phenoxy) is 1. The maximum absolute atomic E-state index is 12.6. The lowest BCUT2D eigenvalue weighted by molar-refractivity contribution is -0.137. The van der Waals surface area contributed by atoms with Crippen LogP contribution in [0.3, 0.4) is 0 Å². The molecule has 2 aromatic rings. The number of amides is 2. The van der Waals surface area contributed by atoms with E-state index >= 15 is 0 Å². The summed E-state index contributed by atoms with van der Waals surface area (Å²) < 4.78 is 42.9. The summed E-state index contributed by atoms with van der Waals surface area (Å²) in [6, 6.07) is 11.2. The molecule has 0 bridgehead atoms. The Bertz CT molecular complexity index is 827. The molecular weight excluding hydrogens is 381 g/mol. The molecule has 0 radical (unpaired) electrons. The van der Waals surface area contributed by atoms with Gasteiger partial charge >= 0.3 is 12.2 Å². The first-order chi connectivity index (χ1) is 12.8. The van der Waals surface area contributed by atoms with Crippen LogP contribution in [-0.2, 0) is 12.7 Å². The van der Waals surface area contributed by atoms with E-state index in [1.807, 2.05) is 0 Å².